The molecule has 0 spiro atoms. The fraction of sp³-hybridized carbons (Fsp3) is 0.250. The molecule has 0 radical (unpaired) electrons. The minimum Gasteiger partial charge on any atom is -0.370 e. The van der Waals surface area contributed by atoms with Gasteiger partial charge in [0, 0.05) is 5.56 Å². The normalized spacial score (nSPS) is 12.7. The molecule has 0 amide bonds. The summed E-state index contributed by atoms with van der Waals surface area (Å²) in [5.74, 6) is 0. The van der Waals surface area contributed by atoms with E-state index < -0.39 is 14.5 Å². The molecule has 0 bridgehead atoms. The van der Waals surface area contributed by atoms with E-state index in [2.05, 4.69) is 0 Å². The van der Waals surface area contributed by atoms with Crippen LogP contribution in [0.25, 0.3) is 0 Å². The highest BCUT2D eigenvalue weighted by Gasteiger charge is 2.30. The van der Waals surface area contributed by atoms with Crippen molar-refractivity contribution in [3.63, 3.8) is 0 Å². The third-order valence-electron chi connectivity index (χ3n) is 1.55. The first-order chi connectivity index (χ1) is 5.56. The highest BCUT2D eigenvalue weighted by molar-refractivity contribution is 7.32. The van der Waals surface area contributed by atoms with Crippen molar-refractivity contribution in [2.45, 2.75) is 12.6 Å². The van der Waals surface area contributed by atoms with Gasteiger partial charge in [0.1, 0.15) is 0 Å². The van der Waals surface area contributed by atoms with Gasteiger partial charge in [-0.2, -0.15) is 8.78 Å². The number of rotatable bonds is 2. The lowest BCUT2D eigenvalue weighted by Gasteiger charge is -2.12. The van der Waals surface area contributed by atoms with Gasteiger partial charge in [0.25, 0.3) is 0 Å². The monoisotopic (exact) mass is 190 g/mol. The number of hydrogen-bond donors (Lipinski definition) is 1. The van der Waals surface area contributed by atoms with Crippen LogP contribution in [0.5, 0.6) is 0 Å². The van der Waals surface area contributed by atoms with Gasteiger partial charge in [0.15, 0.2) is 0 Å². The summed E-state index contributed by atoms with van der Waals surface area (Å²) in [5, 5.41) is 0. The zero-order valence-electron chi connectivity index (χ0n) is 6.51. The molecular weight excluding hydrogens is 181 g/mol. The first-order valence-corrected chi connectivity index (χ1v) is 4.37. The van der Waals surface area contributed by atoms with Crippen molar-refractivity contribution < 1.29 is 13.7 Å². The van der Waals surface area contributed by atoms with E-state index in [1.54, 1.807) is 12.1 Å². The van der Waals surface area contributed by atoms with E-state index >= 15 is 0 Å². The number of alkyl halides is 2. The molecule has 66 valence electrons. The first kappa shape index (κ1) is 9.56. The maximum Gasteiger partial charge on any atom is 0.310 e. The van der Waals surface area contributed by atoms with E-state index in [0.29, 0.717) is 0 Å². The quantitative estimate of drug-likeness (QED) is 0.710. The van der Waals surface area contributed by atoms with Gasteiger partial charge in [0.2, 0.25) is 0 Å². The van der Waals surface area contributed by atoms with Crippen LogP contribution >= 0.6 is 8.81 Å². The topological polar surface area (TPSA) is 20.2 Å². The lowest BCUT2D eigenvalue weighted by molar-refractivity contribution is 0.0919. The standard InChI is InChI=1S/C8H9F2OP/c1-6-2-4-7(5-3-6)8(9,10)12-11/h2-5,11-12H,1H3. The molecule has 0 saturated heterocycles. The fourth-order valence-corrected chi connectivity index (χ4v) is 1.12. The molecule has 1 nitrogen and oxygen atoms in total. The summed E-state index contributed by atoms with van der Waals surface area (Å²) in [4.78, 5) is 8.39. The summed E-state index contributed by atoms with van der Waals surface area (Å²) >= 11 is 0. The summed E-state index contributed by atoms with van der Waals surface area (Å²) in [6.45, 7) is 1.82. The van der Waals surface area contributed by atoms with Gasteiger partial charge in [-0.05, 0) is 6.92 Å². The summed E-state index contributed by atoms with van der Waals surface area (Å²) in [6.07, 6.45) is 0. The molecule has 0 fully saturated rings. The molecule has 4 heteroatoms. The van der Waals surface area contributed by atoms with Crippen molar-refractivity contribution in [2.75, 3.05) is 0 Å². The van der Waals surface area contributed by atoms with Crippen molar-refractivity contribution in [3.05, 3.63) is 35.4 Å². The van der Waals surface area contributed by atoms with Crippen molar-refractivity contribution >= 4 is 8.81 Å². The van der Waals surface area contributed by atoms with Crippen molar-refractivity contribution in [3.8, 4) is 0 Å². The van der Waals surface area contributed by atoms with Gasteiger partial charge in [-0.3, -0.25) is 0 Å². The van der Waals surface area contributed by atoms with Crippen LogP contribution in [0.15, 0.2) is 24.3 Å². The molecule has 12 heavy (non-hydrogen) atoms. The predicted octanol–water partition coefficient (Wildman–Crippen LogP) is 2.63. The average molecular weight is 190 g/mol. The summed E-state index contributed by atoms with van der Waals surface area (Å²) < 4.78 is 25.6. The van der Waals surface area contributed by atoms with E-state index in [9.17, 15) is 8.78 Å². The third-order valence-corrected chi connectivity index (χ3v) is 2.12. The highest BCUT2D eigenvalue weighted by atomic mass is 31.1. The Morgan fingerprint density at radius 2 is 1.75 bits per heavy atom. The van der Waals surface area contributed by atoms with E-state index in [1.807, 2.05) is 6.92 Å². The maximum absolute atomic E-state index is 12.8. The van der Waals surface area contributed by atoms with Gasteiger partial charge in [-0.25, -0.2) is 0 Å². The number of hydrogen-bond acceptors (Lipinski definition) is 1. The second-order valence-corrected chi connectivity index (χ2v) is 3.40. The second kappa shape index (κ2) is 3.46. The van der Waals surface area contributed by atoms with Crippen molar-refractivity contribution in [1.82, 2.24) is 0 Å². The molecule has 1 rings (SSSR count). The smallest absolute Gasteiger partial charge is 0.310 e. The van der Waals surface area contributed by atoms with Gasteiger partial charge in [-0.1, -0.05) is 29.8 Å². The van der Waals surface area contributed by atoms with E-state index in [-0.39, 0.29) is 5.56 Å². The molecule has 0 heterocycles. The Morgan fingerprint density at radius 1 is 1.25 bits per heavy atom. The second-order valence-electron chi connectivity index (χ2n) is 2.55. The van der Waals surface area contributed by atoms with Gasteiger partial charge in [-0.15, -0.1) is 0 Å². The van der Waals surface area contributed by atoms with Crippen LogP contribution in [0.2, 0.25) is 0 Å². The van der Waals surface area contributed by atoms with Crippen LogP contribution in [-0.2, 0) is 5.66 Å². The number of halogens is 2. The Kier molecular flexibility index (Phi) is 2.76. The van der Waals surface area contributed by atoms with Crippen LogP contribution in [0.3, 0.4) is 0 Å². The Labute approximate surface area is 71.3 Å². The Morgan fingerprint density at radius 3 is 2.17 bits per heavy atom. The van der Waals surface area contributed by atoms with E-state index in [1.165, 1.54) is 12.1 Å². The van der Waals surface area contributed by atoms with E-state index in [0.717, 1.165) is 5.56 Å². The lowest BCUT2D eigenvalue weighted by atomic mass is 10.2. The molecule has 1 aromatic rings. The zero-order chi connectivity index (χ0) is 9.19. The SMILES string of the molecule is Cc1ccc(C(F)(F)PO)cc1. The molecule has 1 unspecified atom stereocenters. The van der Waals surface area contributed by atoms with Gasteiger partial charge < -0.3 is 4.89 Å². The van der Waals surface area contributed by atoms with Crippen LogP contribution in [0, 0.1) is 6.92 Å². The summed E-state index contributed by atoms with van der Waals surface area (Å²) in [6, 6.07) is 5.86. The minimum absolute atomic E-state index is 0.131. The Bertz CT molecular complexity index is 258. The summed E-state index contributed by atoms with van der Waals surface area (Å²) in [5.41, 5.74) is -2.29. The lowest BCUT2D eigenvalue weighted by Crippen LogP contribution is -2.04. The molecule has 1 N–H and O–H groups in total. The van der Waals surface area contributed by atoms with Crippen LogP contribution in [-0.4, -0.2) is 4.89 Å². The molecule has 0 saturated carbocycles. The van der Waals surface area contributed by atoms with Gasteiger partial charge >= 0.3 is 5.66 Å². The number of benzene rings is 1. The average Bonchev–Trinajstić information content (AvgIpc) is 2.05. The fourth-order valence-electron chi connectivity index (χ4n) is 0.827. The largest absolute Gasteiger partial charge is 0.370 e. The highest BCUT2D eigenvalue weighted by Crippen LogP contribution is 2.41. The Balaban J connectivity index is 2.96. The van der Waals surface area contributed by atoms with Crippen molar-refractivity contribution in [1.29, 1.82) is 0 Å². The van der Waals surface area contributed by atoms with Gasteiger partial charge in [0.05, 0.1) is 8.81 Å². The molecule has 0 aliphatic rings. The Hall–Kier alpha value is -0.530. The molecule has 0 aliphatic heterocycles. The molecule has 1 atom stereocenters. The zero-order valence-corrected chi connectivity index (χ0v) is 7.51. The first-order valence-electron chi connectivity index (χ1n) is 3.42. The molecule has 1 aromatic carbocycles. The minimum atomic E-state index is -3.09. The van der Waals surface area contributed by atoms with Crippen LogP contribution in [0.4, 0.5) is 8.78 Å². The number of aryl methyl sites for hydroxylation is 1. The third kappa shape index (κ3) is 1.99. The molecule has 0 aromatic heterocycles. The molecular formula is C8H9F2OP. The maximum atomic E-state index is 12.8. The van der Waals surface area contributed by atoms with Crippen molar-refractivity contribution in [2.24, 2.45) is 0 Å². The predicted molar refractivity (Wildman–Crippen MR) is 45.6 cm³/mol. The molecule has 0 aliphatic carbocycles. The van der Waals surface area contributed by atoms with E-state index in [4.69, 9.17) is 4.89 Å². The van der Waals surface area contributed by atoms with Crippen LogP contribution < -0.4 is 0 Å². The van der Waals surface area contributed by atoms with Crippen LogP contribution in [0.1, 0.15) is 11.1 Å². The summed E-state index contributed by atoms with van der Waals surface area (Å²) in [7, 11) is -1.37.